The van der Waals surface area contributed by atoms with E-state index in [2.05, 4.69) is 59.8 Å². The first-order valence-corrected chi connectivity index (χ1v) is 13.4. The lowest BCUT2D eigenvalue weighted by atomic mass is 9.79. The van der Waals surface area contributed by atoms with Crippen LogP contribution in [0, 0.1) is 13.8 Å². The van der Waals surface area contributed by atoms with Gasteiger partial charge in [0.2, 0.25) is 5.91 Å². The predicted octanol–water partition coefficient (Wildman–Crippen LogP) is 5.05. The van der Waals surface area contributed by atoms with Crippen LogP contribution in [0.3, 0.4) is 0 Å². The summed E-state index contributed by atoms with van der Waals surface area (Å²) in [6.45, 7) is 7.21. The number of piperazine rings is 1. The fourth-order valence-electron chi connectivity index (χ4n) is 6.38. The van der Waals surface area contributed by atoms with E-state index in [4.69, 9.17) is 0 Å². The molecule has 0 saturated carbocycles. The average molecular weight is 507 g/mol. The monoisotopic (exact) mass is 506 g/mol. The van der Waals surface area contributed by atoms with Gasteiger partial charge in [0, 0.05) is 74.2 Å². The molecule has 0 N–H and O–H groups in total. The van der Waals surface area contributed by atoms with Crippen molar-refractivity contribution in [1.82, 2.24) is 14.4 Å². The molecule has 2 aliphatic rings. The molecule has 6 rings (SSSR count). The zero-order valence-corrected chi connectivity index (χ0v) is 22.5. The standard InChI is InChI=1S/C32H34N4O2/c1-21-10-9-15-27(22(21)2)35-16-18-36(19-17-35)32(38)29-24-12-5-6-13-25(24)31(37)34(4)30(29)26-20-33(3)28-14-8-7-11-23(26)28/h5-15,20,29-30H,16-19H2,1-4H3. The van der Waals surface area contributed by atoms with Gasteiger partial charge in [-0.05, 0) is 48.7 Å². The lowest BCUT2D eigenvalue weighted by Crippen LogP contribution is -2.53. The van der Waals surface area contributed by atoms with Crippen LogP contribution in [0.4, 0.5) is 5.69 Å². The molecule has 1 saturated heterocycles. The molecule has 2 unspecified atom stereocenters. The second kappa shape index (κ2) is 9.35. The van der Waals surface area contributed by atoms with E-state index in [0.29, 0.717) is 18.7 Å². The molecule has 4 aromatic rings. The zero-order valence-electron chi connectivity index (χ0n) is 22.5. The molecule has 1 fully saturated rings. The summed E-state index contributed by atoms with van der Waals surface area (Å²) in [5, 5.41) is 1.08. The summed E-state index contributed by atoms with van der Waals surface area (Å²) in [6.07, 6.45) is 2.09. The molecule has 3 heterocycles. The number of para-hydroxylation sites is 1. The number of likely N-dealkylation sites (N-methyl/N-ethyl adjacent to an activating group) is 1. The Bertz CT molecular complexity index is 1550. The van der Waals surface area contributed by atoms with E-state index in [0.717, 1.165) is 35.1 Å². The molecule has 6 heteroatoms. The minimum atomic E-state index is -0.466. The topological polar surface area (TPSA) is 48.8 Å². The third kappa shape index (κ3) is 3.78. The van der Waals surface area contributed by atoms with Gasteiger partial charge >= 0.3 is 0 Å². The minimum absolute atomic E-state index is 0.0395. The van der Waals surface area contributed by atoms with Gasteiger partial charge in [-0.15, -0.1) is 0 Å². The lowest BCUT2D eigenvalue weighted by molar-refractivity contribution is -0.134. The van der Waals surface area contributed by atoms with Crippen molar-refractivity contribution in [2.45, 2.75) is 25.8 Å². The van der Waals surface area contributed by atoms with Crippen LogP contribution in [0.25, 0.3) is 10.9 Å². The number of carbonyl (C=O) groups is 2. The van der Waals surface area contributed by atoms with E-state index >= 15 is 0 Å². The molecule has 6 nitrogen and oxygen atoms in total. The molecule has 0 spiro atoms. The number of benzene rings is 3. The number of carbonyl (C=O) groups excluding carboxylic acids is 2. The summed E-state index contributed by atoms with van der Waals surface area (Å²) < 4.78 is 2.09. The van der Waals surface area contributed by atoms with Crippen molar-refractivity contribution >= 4 is 28.4 Å². The highest BCUT2D eigenvalue weighted by molar-refractivity contribution is 6.02. The van der Waals surface area contributed by atoms with E-state index in [1.165, 1.54) is 16.8 Å². The van der Waals surface area contributed by atoms with Crippen LogP contribution in [0.15, 0.2) is 72.9 Å². The maximum Gasteiger partial charge on any atom is 0.254 e. The second-order valence-electron chi connectivity index (χ2n) is 10.7. The number of aromatic nitrogens is 1. The van der Waals surface area contributed by atoms with Crippen molar-refractivity contribution < 1.29 is 9.59 Å². The van der Waals surface area contributed by atoms with Crippen LogP contribution >= 0.6 is 0 Å². The maximum atomic E-state index is 14.4. The summed E-state index contributed by atoms with van der Waals surface area (Å²) in [7, 11) is 3.86. The highest BCUT2D eigenvalue weighted by atomic mass is 16.2. The Morgan fingerprint density at radius 1 is 0.816 bits per heavy atom. The number of hydrogen-bond donors (Lipinski definition) is 0. The first kappa shape index (κ1) is 24.3. The van der Waals surface area contributed by atoms with Crippen LogP contribution < -0.4 is 4.90 Å². The Kier molecular flexibility index (Phi) is 5.98. The Morgan fingerprint density at radius 3 is 2.32 bits per heavy atom. The third-order valence-corrected chi connectivity index (χ3v) is 8.60. The van der Waals surface area contributed by atoms with Crippen LogP contribution in [0.1, 0.15) is 44.6 Å². The van der Waals surface area contributed by atoms with E-state index < -0.39 is 5.92 Å². The molecular formula is C32H34N4O2. The van der Waals surface area contributed by atoms with Crippen molar-refractivity contribution in [2.75, 3.05) is 38.1 Å². The van der Waals surface area contributed by atoms with Crippen LogP contribution in [0.2, 0.25) is 0 Å². The number of fused-ring (bicyclic) bond motifs is 2. The first-order chi connectivity index (χ1) is 18.4. The molecule has 2 aliphatic heterocycles. The first-order valence-electron chi connectivity index (χ1n) is 13.4. The lowest BCUT2D eigenvalue weighted by Gasteiger charge is -2.43. The predicted molar refractivity (Wildman–Crippen MR) is 152 cm³/mol. The summed E-state index contributed by atoms with van der Waals surface area (Å²) in [5.41, 5.74) is 7.39. The summed E-state index contributed by atoms with van der Waals surface area (Å²) in [6, 6.07) is 21.9. The van der Waals surface area contributed by atoms with Gasteiger partial charge in [0.1, 0.15) is 0 Å². The molecule has 2 atom stereocenters. The molecule has 3 aromatic carbocycles. The molecule has 0 bridgehead atoms. The van der Waals surface area contributed by atoms with Crippen molar-refractivity contribution in [3.63, 3.8) is 0 Å². The molecule has 38 heavy (non-hydrogen) atoms. The Morgan fingerprint density at radius 2 is 1.53 bits per heavy atom. The van der Waals surface area contributed by atoms with Crippen molar-refractivity contribution in [1.29, 1.82) is 0 Å². The van der Waals surface area contributed by atoms with E-state index in [-0.39, 0.29) is 17.9 Å². The smallest absolute Gasteiger partial charge is 0.254 e. The zero-order chi connectivity index (χ0) is 26.6. The van der Waals surface area contributed by atoms with Gasteiger partial charge in [-0.3, -0.25) is 9.59 Å². The van der Waals surface area contributed by atoms with Crippen LogP contribution in [-0.2, 0) is 11.8 Å². The normalized spacial score (nSPS) is 19.7. The van der Waals surface area contributed by atoms with Crippen molar-refractivity contribution in [3.05, 3.63) is 101 Å². The molecular weight excluding hydrogens is 472 g/mol. The van der Waals surface area contributed by atoms with Gasteiger partial charge in [-0.2, -0.15) is 0 Å². The average Bonchev–Trinajstić information content (AvgIpc) is 3.28. The van der Waals surface area contributed by atoms with E-state index in [1.54, 1.807) is 4.90 Å². The highest BCUT2D eigenvalue weighted by Crippen LogP contribution is 2.45. The van der Waals surface area contributed by atoms with Gasteiger partial charge in [0.15, 0.2) is 0 Å². The van der Waals surface area contributed by atoms with E-state index in [9.17, 15) is 9.59 Å². The summed E-state index contributed by atoms with van der Waals surface area (Å²) >= 11 is 0. The van der Waals surface area contributed by atoms with Gasteiger partial charge in [-0.25, -0.2) is 0 Å². The van der Waals surface area contributed by atoms with Crippen molar-refractivity contribution in [3.8, 4) is 0 Å². The van der Waals surface area contributed by atoms with Gasteiger partial charge in [-0.1, -0.05) is 48.5 Å². The van der Waals surface area contributed by atoms with Gasteiger partial charge in [0.25, 0.3) is 5.91 Å². The van der Waals surface area contributed by atoms with Gasteiger partial charge in [0.05, 0.1) is 12.0 Å². The number of anilines is 1. The van der Waals surface area contributed by atoms with Crippen molar-refractivity contribution in [2.24, 2.45) is 7.05 Å². The fourth-order valence-corrected chi connectivity index (χ4v) is 6.38. The largest absolute Gasteiger partial charge is 0.368 e. The molecule has 1 aromatic heterocycles. The molecule has 0 radical (unpaired) electrons. The molecule has 2 amide bonds. The summed E-state index contributed by atoms with van der Waals surface area (Å²) in [4.78, 5) is 34.1. The molecule has 0 aliphatic carbocycles. The Labute approximate surface area is 224 Å². The van der Waals surface area contributed by atoms with Crippen LogP contribution in [0.5, 0.6) is 0 Å². The van der Waals surface area contributed by atoms with Gasteiger partial charge < -0.3 is 19.3 Å². The fraction of sp³-hybridized carbons (Fsp3) is 0.312. The number of rotatable bonds is 3. The summed E-state index contributed by atoms with van der Waals surface area (Å²) in [5.74, 6) is -0.412. The van der Waals surface area contributed by atoms with Crippen LogP contribution in [-0.4, -0.2) is 59.4 Å². The second-order valence-corrected chi connectivity index (χ2v) is 10.7. The minimum Gasteiger partial charge on any atom is -0.368 e. The highest BCUT2D eigenvalue weighted by Gasteiger charge is 2.45. The number of aryl methyl sites for hydroxylation is 2. The SMILES string of the molecule is Cc1cccc(N2CCN(C(=O)C3c4ccccc4C(=O)N(C)C3c3cn(C)c4ccccc34)CC2)c1C. The molecule has 194 valence electrons. The third-order valence-electron chi connectivity index (χ3n) is 8.60. The number of hydrogen-bond acceptors (Lipinski definition) is 3. The van der Waals surface area contributed by atoms with E-state index in [1.807, 2.05) is 55.4 Å². The maximum absolute atomic E-state index is 14.4. The quantitative estimate of drug-likeness (QED) is 0.391. The number of amides is 2. The Hall–Kier alpha value is -4.06. The Balaban J connectivity index is 1.37. The number of nitrogens with zero attached hydrogens (tertiary/aromatic N) is 4.